The number of rotatable bonds is 5. The lowest BCUT2D eigenvalue weighted by Gasteiger charge is -2.07. The van der Waals surface area contributed by atoms with Crippen LogP contribution < -0.4 is 5.32 Å². The van der Waals surface area contributed by atoms with E-state index in [4.69, 9.17) is 4.74 Å². The molecule has 0 aliphatic rings. The average molecular weight is 351 g/mol. The van der Waals surface area contributed by atoms with Gasteiger partial charge in [-0.2, -0.15) is 0 Å². The Hall–Kier alpha value is -2.74. The molecule has 0 saturated carbocycles. The van der Waals surface area contributed by atoms with Crippen LogP contribution in [0, 0.1) is 5.82 Å². The molecule has 24 heavy (non-hydrogen) atoms. The maximum atomic E-state index is 13.0. The summed E-state index contributed by atoms with van der Waals surface area (Å²) in [6, 6.07) is 10.4. The maximum absolute atomic E-state index is 13.0. The standard InChI is InChI=1S/C16H14FNO5S/c1-24(21,22)14-7-5-11(6-8-14)16(20)23-10-15(19)18-13-4-2-3-12(17)9-13/h2-9H,10H2,1H3,(H,18,19). The zero-order valence-electron chi connectivity index (χ0n) is 12.7. The minimum absolute atomic E-state index is 0.0721. The summed E-state index contributed by atoms with van der Waals surface area (Å²) in [7, 11) is -3.36. The lowest BCUT2D eigenvalue weighted by atomic mass is 10.2. The fourth-order valence-corrected chi connectivity index (χ4v) is 2.45. The first kappa shape index (κ1) is 17.6. The van der Waals surface area contributed by atoms with Crippen LogP contribution >= 0.6 is 0 Å². The van der Waals surface area contributed by atoms with E-state index in [-0.39, 0.29) is 16.1 Å². The average Bonchev–Trinajstić information content (AvgIpc) is 2.52. The number of carbonyl (C=O) groups is 2. The first-order valence-corrected chi connectivity index (χ1v) is 8.67. The van der Waals surface area contributed by atoms with Crippen molar-refractivity contribution in [2.45, 2.75) is 4.90 Å². The lowest BCUT2D eigenvalue weighted by Crippen LogP contribution is -2.21. The van der Waals surface area contributed by atoms with E-state index >= 15 is 0 Å². The quantitative estimate of drug-likeness (QED) is 0.833. The van der Waals surface area contributed by atoms with Gasteiger partial charge in [-0.15, -0.1) is 0 Å². The molecule has 2 aromatic carbocycles. The highest BCUT2D eigenvalue weighted by Crippen LogP contribution is 2.12. The molecule has 1 amide bonds. The van der Waals surface area contributed by atoms with E-state index in [2.05, 4.69) is 5.32 Å². The van der Waals surface area contributed by atoms with Crippen molar-refractivity contribution in [3.63, 3.8) is 0 Å². The van der Waals surface area contributed by atoms with Crippen molar-refractivity contribution in [2.24, 2.45) is 0 Å². The Balaban J connectivity index is 1.92. The number of amides is 1. The first-order valence-electron chi connectivity index (χ1n) is 6.78. The summed E-state index contributed by atoms with van der Waals surface area (Å²) in [5, 5.41) is 2.38. The van der Waals surface area contributed by atoms with Crippen LogP contribution in [0.15, 0.2) is 53.4 Å². The number of sulfone groups is 1. The Bertz CT molecular complexity index is 862. The smallest absolute Gasteiger partial charge is 0.338 e. The third-order valence-electron chi connectivity index (χ3n) is 2.96. The molecule has 0 aromatic heterocycles. The first-order chi connectivity index (χ1) is 11.3. The fourth-order valence-electron chi connectivity index (χ4n) is 1.82. The lowest BCUT2D eigenvalue weighted by molar-refractivity contribution is -0.119. The van der Waals surface area contributed by atoms with E-state index in [1.54, 1.807) is 0 Å². The number of halogens is 1. The van der Waals surface area contributed by atoms with Crippen molar-refractivity contribution in [3.8, 4) is 0 Å². The number of hydrogen-bond donors (Lipinski definition) is 1. The second kappa shape index (κ2) is 7.22. The predicted molar refractivity (Wildman–Crippen MR) is 84.9 cm³/mol. The van der Waals surface area contributed by atoms with E-state index in [9.17, 15) is 22.4 Å². The maximum Gasteiger partial charge on any atom is 0.338 e. The van der Waals surface area contributed by atoms with Gasteiger partial charge in [0.1, 0.15) is 5.82 Å². The zero-order chi connectivity index (χ0) is 17.7. The summed E-state index contributed by atoms with van der Waals surface area (Å²) < 4.78 is 40.5. The molecule has 0 saturated heterocycles. The molecule has 2 aromatic rings. The fraction of sp³-hybridized carbons (Fsp3) is 0.125. The molecule has 2 rings (SSSR count). The minimum Gasteiger partial charge on any atom is -0.452 e. The Labute approximate surface area is 138 Å². The number of anilines is 1. The molecule has 1 N–H and O–H groups in total. The normalized spacial score (nSPS) is 10.9. The summed E-state index contributed by atoms with van der Waals surface area (Å²) in [5.74, 6) is -1.90. The van der Waals surface area contributed by atoms with Gasteiger partial charge in [-0.3, -0.25) is 4.79 Å². The molecule has 0 aliphatic carbocycles. The van der Waals surface area contributed by atoms with Gasteiger partial charge in [0.15, 0.2) is 16.4 Å². The molecular formula is C16H14FNO5S. The van der Waals surface area contributed by atoms with Gasteiger partial charge in [-0.05, 0) is 42.5 Å². The molecule has 0 aliphatic heterocycles. The number of benzene rings is 2. The van der Waals surface area contributed by atoms with Crippen LogP contribution in [0.3, 0.4) is 0 Å². The third kappa shape index (κ3) is 4.88. The van der Waals surface area contributed by atoms with Crippen LogP contribution in [0.1, 0.15) is 10.4 Å². The molecular weight excluding hydrogens is 337 g/mol. The monoisotopic (exact) mass is 351 g/mol. The number of ether oxygens (including phenoxy) is 1. The van der Waals surface area contributed by atoms with Gasteiger partial charge < -0.3 is 10.1 Å². The number of hydrogen-bond acceptors (Lipinski definition) is 5. The van der Waals surface area contributed by atoms with Crippen LogP contribution in [0.25, 0.3) is 0 Å². The Kier molecular flexibility index (Phi) is 5.30. The van der Waals surface area contributed by atoms with Crippen LogP contribution in [-0.2, 0) is 19.4 Å². The molecule has 8 heteroatoms. The molecule has 0 atom stereocenters. The Morgan fingerprint density at radius 2 is 1.79 bits per heavy atom. The van der Waals surface area contributed by atoms with Crippen molar-refractivity contribution in [2.75, 3.05) is 18.2 Å². The van der Waals surface area contributed by atoms with Crippen molar-refractivity contribution in [3.05, 3.63) is 59.9 Å². The van der Waals surface area contributed by atoms with Crippen LogP contribution in [0.2, 0.25) is 0 Å². The van der Waals surface area contributed by atoms with E-state index in [1.807, 2.05) is 0 Å². The molecule has 0 spiro atoms. The van der Waals surface area contributed by atoms with Crippen LogP contribution in [0.4, 0.5) is 10.1 Å². The highest BCUT2D eigenvalue weighted by atomic mass is 32.2. The second-order valence-corrected chi connectivity index (χ2v) is 6.95. The molecule has 0 bridgehead atoms. The highest BCUT2D eigenvalue weighted by Gasteiger charge is 2.12. The van der Waals surface area contributed by atoms with Crippen molar-refractivity contribution in [1.82, 2.24) is 0 Å². The summed E-state index contributed by atoms with van der Waals surface area (Å²) in [6.45, 7) is -0.552. The SMILES string of the molecule is CS(=O)(=O)c1ccc(C(=O)OCC(=O)Nc2cccc(F)c2)cc1. The van der Waals surface area contributed by atoms with E-state index in [1.165, 1.54) is 42.5 Å². The van der Waals surface area contributed by atoms with E-state index in [0.717, 1.165) is 12.3 Å². The Morgan fingerprint density at radius 3 is 2.38 bits per heavy atom. The van der Waals surface area contributed by atoms with Crippen molar-refractivity contribution >= 4 is 27.4 Å². The number of nitrogens with one attached hydrogen (secondary N) is 1. The van der Waals surface area contributed by atoms with Gasteiger partial charge in [-0.1, -0.05) is 6.07 Å². The summed E-state index contributed by atoms with van der Waals surface area (Å²) in [5.41, 5.74) is 0.356. The molecule has 126 valence electrons. The van der Waals surface area contributed by atoms with E-state index < -0.39 is 34.1 Å². The molecule has 0 radical (unpaired) electrons. The third-order valence-corrected chi connectivity index (χ3v) is 4.09. The van der Waals surface area contributed by atoms with Gasteiger partial charge in [0.2, 0.25) is 0 Å². The van der Waals surface area contributed by atoms with Gasteiger partial charge >= 0.3 is 5.97 Å². The largest absolute Gasteiger partial charge is 0.452 e. The van der Waals surface area contributed by atoms with Crippen LogP contribution in [0.5, 0.6) is 0 Å². The zero-order valence-corrected chi connectivity index (χ0v) is 13.5. The summed E-state index contributed by atoms with van der Waals surface area (Å²) in [6.07, 6.45) is 1.05. The molecule has 6 nitrogen and oxygen atoms in total. The summed E-state index contributed by atoms with van der Waals surface area (Å²) in [4.78, 5) is 23.5. The number of esters is 1. The van der Waals surface area contributed by atoms with Gasteiger partial charge in [0, 0.05) is 11.9 Å². The van der Waals surface area contributed by atoms with Gasteiger partial charge in [0.25, 0.3) is 5.91 Å². The van der Waals surface area contributed by atoms with Gasteiger partial charge in [-0.25, -0.2) is 17.6 Å². The Morgan fingerprint density at radius 1 is 1.12 bits per heavy atom. The van der Waals surface area contributed by atoms with Crippen molar-refractivity contribution < 1.29 is 27.1 Å². The van der Waals surface area contributed by atoms with E-state index in [0.29, 0.717) is 0 Å². The highest BCUT2D eigenvalue weighted by molar-refractivity contribution is 7.90. The van der Waals surface area contributed by atoms with Crippen molar-refractivity contribution in [1.29, 1.82) is 0 Å². The molecule has 0 fully saturated rings. The topological polar surface area (TPSA) is 89.5 Å². The number of carbonyl (C=O) groups excluding carboxylic acids is 2. The second-order valence-electron chi connectivity index (χ2n) is 4.93. The van der Waals surface area contributed by atoms with Gasteiger partial charge in [0.05, 0.1) is 10.5 Å². The molecule has 0 unspecified atom stereocenters. The van der Waals surface area contributed by atoms with Crippen LogP contribution in [-0.4, -0.2) is 33.2 Å². The molecule has 0 heterocycles. The summed E-state index contributed by atoms with van der Waals surface area (Å²) >= 11 is 0. The predicted octanol–water partition coefficient (Wildman–Crippen LogP) is 2.02. The minimum atomic E-state index is -3.36.